The minimum absolute atomic E-state index is 0.0202. The van der Waals surface area contributed by atoms with Crippen molar-refractivity contribution in [3.63, 3.8) is 0 Å². The number of aliphatic hydroxyl groups excluding tert-OH is 3. The smallest absolute Gasteiger partial charge is 0.282 e. The minimum atomic E-state index is -3.29. The molecule has 43 heteroatoms. The van der Waals surface area contributed by atoms with Crippen LogP contribution in [0.2, 0.25) is 0 Å². The Morgan fingerprint density at radius 1 is 0.504 bits per heavy atom. The van der Waals surface area contributed by atoms with Gasteiger partial charge in [0, 0.05) is 120 Å². The van der Waals surface area contributed by atoms with Gasteiger partial charge in [-0.1, -0.05) is 6.92 Å². The first-order valence-corrected chi connectivity index (χ1v) is 37.9. The van der Waals surface area contributed by atoms with Crippen LogP contribution >= 0.6 is 0 Å². The second-order valence-corrected chi connectivity index (χ2v) is 28.6. The van der Waals surface area contributed by atoms with Gasteiger partial charge in [-0.2, -0.15) is 20.4 Å². The zero-order valence-electron chi connectivity index (χ0n) is 61.2. The molecule has 0 bridgehead atoms. The summed E-state index contributed by atoms with van der Waals surface area (Å²) >= 11 is 0. The Kier molecular flexibility index (Phi) is 25.4. The largest absolute Gasteiger partial charge is 0.396 e. The summed E-state index contributed by atoms with van der Waals surface area (Å²) in [5.41, 5.74) is 4.64. The Balaban J connectivity index is 0.000000132. The van der Waals surface area contributed by atoms with Crippen LogP contribution < -0.4 is 40.3 Å². The van der Waals surface area contributed by atoms with Gasteiger partial charge in [0.25, 0.3) is 25.7 Å². The Hall–Kier alpha value is -10.9. The van der Waals surface area contributed by atoms with Crippen LogP contribution in [0, 0.1) is 0 Å². The first-order chi connectivity index (χ1) is 54.5. The molecule has 0 aliphatic carbocycles. The van der Waals surface area contributed by atoms with Crippen molar-refractivity contribution in [2.24, 2.45) is 0 Å². The van der Waals surface area contributed by atoms with E-state index in [0.717, 1.165) is 44.7 Å². The van der Waals surface area contributed by atoms with Crippen LogP contribution in [-0.2, 0) is 14.8 Å². The van der Waals surface area contributed by atoms with Crippen molar-refractivity contribution in [1.82, 2.24) is 119 Å². The van der Waals surface area contributed by atoms with E-state index in [1.807, 2.05) is 17.9 Å². The maximum Gasteiger partial charge on any atom is 0.282 e. The number of hydrogen-bond acceptors (Lipinski definition) is 29. The van der Waals surface area contributed by atoms with Crippen molar-refractivity contribution < 1.29 is 63.6 Å². The Labute approximate surface area is 639 Å². The van der Waals surface area contributed by atoms with Gasteiger partial charge in [-0.25, -0.2) is 126 Å². The van der Waals surface area contributed by atoms with Crippen LogP contribution in [0.15, 0.2) is 123 Å². The van der Waals surface area contributed by atoms with Gasteiger partial charge in [-0.3, -0.25) is 0 Å². The van der Waals surface area contributed by atoms with E-state index in [9.17, 15) is 58.9 Å². The second kappa shape index (κ2) is 35.8. The highest BCUT2D eigenvalue weighted by Gasteiger charge is 2.33. The van der Waals surface area contributed by atoms with Gasteiger partial charge in [0.05, 0.1) is 85.8 Å². The van der Waals surface area contributed by atoms with Crippen LogP contribution in [0.4, 0.5) is 58.4 Å². The molecule has 113 heavy (non-hydrogen) atoms. The molecule has 16 rings (SSSR count). The number of halogens is 8. The predicted octanol–water partition coefficient (Wildman–Crippen LogP) is 5.51. The third-order valence-corrected chi connectivity index (χ3v) is 20.0. The van der Waals surface area contributed by atoms with Crippen LogP contribution in [-0.4, -0.2) is 256 Å². The van der Waals surface area contributed by atoms with Crippen LogP contribution in [0.3, 0.4) is 0 Å². The number of ether oxygens (including phenoxy) is 1. The summed E-state index contributed by atoms with van der Waals surface area (Å²) in [5.74, 6) is 2.76. The molecule has 7 atom stereocenters. The number of nitrogens with zero attached hydrogens (tertiary/aromatic N) is 24. The van der Waals surface area contributed by atoms with Gasteiger partial charge >= 0.3 is 0 Å². The Morgan fingerprint density at radius 3 is 1.35 bits per heavy atom. The molecule has 34 nitrogen and oxygen atoms in total. The van der Waals surface area contributed by atoms with E-state index < -0.39 is 35.7 Å². The van der Waals surface area contributed by atoms with Crippen molar-refractivity contribution in [2.45, 2.75) is 102 Å². The van der Waals surface area contributed by atoms with Crippen molar-refractivity contribution in [2.75, 3.05) is 111 Å². The standard InChI is InChI=1S/C18H22F2N8O2S.C18H21F2N7O.C18H20F2N6O2.C16H17F2N7O/c1-11-6-21-12(7-25-31(2,29)30)9-27(11)17-5-14(23-10-24-17)15-8-22-16-4-3-13(18(19)20)26-28(15)16;1-11-12(4-7-28)21-5-6-26(11)17-8-14(23-10-24-17)15-9-22-16-3-2-13(18(19)20)25-27(15)16;1-2-11-9-28-12(8-27)7-25(11)17-5-14(22-10-23-17)15-6-21-16-4-3-13(18(19)20)24-26(15)16;17-16(18)11-1-2-14-20-6-13(25(14)23-11)12-5-15(22-9-21-12)24-4-3-19-10(7-24)8-26/h3-5,8,10-12,18,21,25H,6-7,9H2,1-2H3;2-3,8-12,18,21,28H,4-7H2,1H3;3-6,10-12,18,27H,2,7-9H2,1H3;1-2,5-6,9-10,16,19,26H,3-4,7-8H2/t;;;10-/m...0/s1. The summed E-state index contributed by atoms with van der Waals surface area (Å²) < 4.78 is 141. The lowest BCUT2D eigenvalue weighted by Gasteiger charge is -2.40. The summed E-state index contributed by atoms with van der Waals surface area (Å²) in [6.07, 6.45) is 3.58. The molecule has 4 fully saturated rings. The molecule has 0 spiro atoms. The number of imidazole rings is 4. The molecule has 4 aliphatic heterocycles. The van der Waals surface area contributed by atoms with Crippen LogP contribution in [0.25, 0.3) is 68.1 Å². The fraction of sp³-hybridized carbons (Fsp3) is 0.429. The quantitative estimate of drug-likeness (QED) is 0.0463. The van der Waals surface area contributed by atoms with E-state index in [1.54, 1.807) is 36.8 Å². The molecule has 0 radical (unpaired) electrons. The van der Waals surface area contributed by atoms with Gasteiger partial charge in [0.1, 0.15) is 94.1 Å². The molecule has 4 saturated heterocycles. The molecule has 0 saturated carbocycles. The van der Waals surface area contributed by atoms with Crippen molar-refractivity contribution >= 4 is 55.9 Å². The van der Waals surface area contributed by atoms with Crippen LogP contribution in [0.1, 0.15) is 82.1 Å². The van der Waals surface area contributed by atoms with E-state index >= 15 is 0 Å². The Morgan fingerprint density at radius 2 is 0.929 bits per heavy atom. The number of morpholine rings is 1. The topological polar surface area (TPSA) is 389 Å². The molecule has 7 N–H and O–H groups in total. The van der Waals surface area contributed by atoms with E-state index in [4.69, 9.17) is 4.74 Å². The molecule has 0 amide bonds. The highest BCUT2D eigenvalue weighted by molar-refractivity contribution is 7.88. The molecule has 6 unspecified atom stereocenters. The highest BCUT2D eigenvalue weighted by atomic mass is 32.2. The number of piperazine rings is 3. The van der Waals surface area contributed by atoms with Gasteiger partial charge in [0.2, 0.25) is 10.0 Å². The van der Waals surface area contributed by atoms with E-state index in [1.165, 1.54) is 98.1 Å². The maximum atomic E-state index is 13.1. The second-order valence-electron chi connectivity index (χ2n) is 26.8. The van der Waals surface area contributed by atoms with Gasteiger partial charge in [0.15, 0.2) is 22.6 Å². The number of aromatic nitrogens is 20. The van der Waals surface area contributed by atoms with Crippen LogP contribution in [0.5, 0.6) is 0 Å². The fourth-order valence-corrected chi connectivity index (χ4v) is 13.9. The van der Waals surface area contributed by atoms with Crippen molar-refractivity contribution in [3.05, 3.63) is 146 Å². The molecule has 12 aromatic rings. The molecule has 16 heterocycles. The number of rotatable bonds is 20. The predicted molar refractivity (Wildman–Crippen MR) is 397 cm³/mol. The summed E-state index contributed by atoms with van der Waals surface area (Å²) in [5, 5.41) is 53.9. The fourth-order valence-electron chi connectivity index (χ4n) is 13.4. The molecular formula is C70H80F8N28O6S. The summed E-state index contributed by atoms with van der Waals surface area (Å²) in [6, 6.07) is 18.6. The molecule has 598 valence electrons. The number of nitrogens with one attached hydrogen (secondary N) is 4. The lowest BCUT2D eigenvalue weighted by atomic mass is 10.0. The van der Waals surface area contributed by atoms with E-state index in [0.29, 0.717) is 125 Å². The lowest BCUT2D eigenvalue weighted by molar-refractivity contribution is -0.0137. The van der Waals surface area contributed by atoms with Gasteiger partial charge < -0.3 is 55.6 Å². The number of hydrogen-bond donors (Lipinski definition) is 7. The first-order valence-electron chi connectivity index (χ1n) is 36.0. The zero-order valence-corrected chi connectivity index (χ0v) is 62.1. The minimum Gasteiger partial charge on any atom is -0.396 e. The number of aliphatic hydroxyl groups is 3. The molecule has 4 aliphatic rings. The van der Waals surface area contributed by atoms with E-state index in [2.05, 4.69) is 129 Å². The normalized spacial score (nSPS) is 19.7. The number of alkyl halides is 8. The average molecular weight is 1590 g/mol. The van der Waals surface area contributed by atoms with Crippen molar-refractivity contribution in [3.8, 4) is 45.6 Å². The average Bonchev–Trinajstić information content (AvgIpc) is 1.70. The summed E-state index contributed by atoms with van der Waals surface area (Å²) in [6.45, 7) is 12.3. The maximum absolute atomic E-state index is 13.1. The third-order valence-electron chi connectivity index (χ3n) is 19.3. The Bertz CT molecular complexity index is 5320. The lowest BCUT2D eigenvalue weighted by Crippen LogP contribution is -2.59. The highest BCUT2D eigenvalue weighted by Crippen LogP contribution is 2.32. The zero-order chi connectivity index (χ0) is 79.6. The first kappa shape index (κ1) is 80.1. The molecule has 12 aromatic heterocycles. The third kappa shape index (κ3) is 18.7. The van der Waals surface area contributed by atoms with Gasteiger partial charge in [-0.05, 0) is 75.2 Å². The number of fused-ring (bicyclic) bond motifs is 4. The number of anilines is 4. The summed E-state index contributed by atoms with van der Waals surface area (Å²) in [4.78, 5) is 59.8. The molecule has 0 aromatic carbocycles. The monoisotopic (exact) mass is 1590 g/mol. The van der Waals surface area contributed by atoms with E-state index in [-0.39, 0.29) is 91.5 Å². The van der Waals surface area contributed by atoms with Gasteiger partial charge in [-0.15, -0.1) is 0 Å². The SMILES string of the molecule is CC1C(CCO)NCCN1c1cc(-c2cnc3ccc(C(F)F)nn23)ncn1.CC1CNC(CNS(C)(=O)=O)CN1c1cc(-c2cnc3ccc(C(F)F)nn23)ncn1.CCC1COC(CO)CN1c1cc(-c2cnc3ccc(C(F)F)nn23)ncn1.OC[C@@H]1CN(c2cc(-c3cnc4ccc(C(F)F)nn34)ncn2)CCN1. The molecular weight excluding hydrogens is 1510 g/mol. The van der Waals surface area contributed by atoms with Crippen molar-refractivity contribution in [1.29, 1.82) is 0 Å². The summed E-state index contributed by atoms with van der Waals surface area (Å²) in [7, 11) is -3.29. The number of sulfonamides is 1.